The van der Waals surface area contributed by atoms with Crippen LogP contribution in [0.3, 0.4) is 0 Å². The summed E-state index contributed by atoms with van der Waals surface area (Å²) in [4.78, 5) is 10.8. The summed E-state index contributed by atoms with van der Waals surface area (Å²) in [6, 6.07) is 3.31. The van der Waals surface area contributed by atoms with E-state index in [0.29, 0.717) is 23.3 Å². The summed E-state index contributed by atoms with van der Waals surface area (Å²) < 4.78 is 10.1. The average molecular weight is 211 g/mol. The van der Waals surface area contributed by atoms with Crippen LogP contribution in [0.2, 0.25) is 0 Å². The number of aldehydes is 1. The van der Waals surface area contributed by atoms with E-state index in [0.717, 1.165) is 5.56 Å². The first-order chi connectivity index (χ1) is 7.26. The van der Waals surface area contributed by atoms with Crippen molar-refractivity contribution in [2.45, 2.75) is 6.54 Å². The highest BCUT2D eigenvalue weighted by Gasteiger charge is 2.11. The maximum atomic E-state index is 10.8. The minimum absolute atomic E-state index is 0.237. The molecule has 1 aromatic rings. The molecule has 0 aliphatic rings. The molecule has 82 valence electrons. The third kappa shape index (κ3) is 2.45. The van der Waals surface area contributed by atoms with Gasteiger partial charge in [-0.1, -0.05) is 0 Å². The highest BCUT2D eigenvalue weighted by atomic mass is 16.5. The zero-order chi connectivity index (χ0) is 11.3. The van der Waals surface area contributed by atoms with Gasteiger partial charge < -0.3 is 14.7 Å². The molecule has 0 unspecified atom stereocenters. The first kappa shape index (κ1) is 11.5. The first-order valence-electron chi connectivity index (χ1n) is 4.33. The molecule has 0 spiro atoms. The molecule has 0 aliphatic heterocycles. The largest absolute Gasteiger partial charge is 0.493 e. The van der Waals surface area contributed by atoms with E-state index in [-0.39, 0.29) is 6.54 Å². The number of benzene rings is 1. The summed E-state index contributed by atoms with van der Waals surface area (Å²) in [5, 5.41) is 8.56. The predicted octanol–water partition coefficient (Wildman–Crippen LogP) is 0.995. The van der Waals surface area contributed by atoms with Gasteiger partial charge in [0.1, 0.15) is 0 Å². The number of hydrogen-bond donors (Lipinski definition) is 2. The second-order valence-corrected chi connectivity index (χ2v) is 2.87. The van der Waals surface area contributed by atoms with Crippen molar-refractivity contribution >= 4 is 6.29 Å². The first-order valence-corrected chi connectivity index (χ1v) is 4.33. The molecule has 0 aliphatic carbocycles. The van der Waals surface area contributed by atoms with E-state index in [1.165, 1.54) is 14.2 Å². The van der Waals surface area contributed by atoms with Crippen LogP contribution in [0, 0.1) is 0 Å². The molecule has 0 amide bonds. The van der Waals surface area contributed by atoms with Gasteiger partial charge in [-0.05, 0) is 17.7 Å². The second kappa shape index (κ2) is 5.33. The summed E-state index contributed by atoms with van der Waals surface area (Å²) in [6.45, 7) is 0.237. The van der Waals surface area contributed by atoms with Crippen molar-refractivity contribution < 1.29 is 19.5 Å². The van der Waals surface area contributed by atoms with Gasteiger partial charge in [0.25, 0.3) is 0 Å². The van der Waals surface area contributed by atoms with E-state index < -0.39 is 0 Å². The third-order valence-corrected chi connectivity index (χ3v) is 1.98. The van der Waals surface area contributed by atoms with Gasteiger partial charge in [-0.15, -0.1) is 0 Å². The van der Waals surface area contributed by atoms with Crippen molar-refractivity contribution in [3.8, 4) is 11.5 Å². The van der Waals surface area contributed by atoms with E-state index in [4.69, 9.17) is 14.7 Å². The molecule has 0 radical (unpaired) electrons. The van der Waals surface area contributed by atoms with Crippen LogP contribution in [0.5, 0.6) is 11.5 Å². The van der Waals surface area contributed by atoms with Gasteiger partial charge in [0, 0.05) is 6.54 Å². The van der Waals surface area contributed by atoms with Crippen LogP contribution in [-0.4, -0.2) is 25.7 Å². The Hall–Kier alpha value is -1.59. The zero-order valence-electron chi connectivity index (χ0n) is 8.61. The van der Waals surface area contributed by atoms with Crippen LogP contribution in [0.25, 0.3) is 0 Å². The van der Waals surface area contributed by atoms with Crippen LogP contribution in [0.1, 0.15) is 15.9 Å². The fraction of sp³-hybridized carbons (Fsp3) is 0.300. The van der Waals surface area contributed by atoms with Crippen LogP contribution in [0.4, 0.5) is 0 Å². The molecule has 0 saturated heterocycles. The molecule has 0 fully saturated rings. The highest BCUT2D eigenvalue weighted by molar-refractivity contribution is 5.81. The summed E-state index contributed by atoms with van der Waals surface area (Å²) in [6.07, 6.45) is 0.683. The molecular weight excluding hydrogens is 198 g/mol. The van der Waals surface area contributed by atoms with Crippen molar-refractivity contribution in [1.82, 2.24) is 5.48 Å². The molecule has 5 heteroatoms. The Morgan fingerprint density at radius 2 is 2.13 bits per heavy atom. The predicted molar refractivity (Wildman–Crippen MR) is 53.6 cm³/mol. The standard InChI is InChI=1S/C10H13NO4/c1-14-9-4-7(5-11-13)3-8(6-12)10(9)15-2/h3-4,6,11,13H,5H2,1-2H3. The lowest BCUT2D eigenvalue weighted by Crippen LogP contribution is -2.07. The van der Waals surface area contributed by atoms with Gasteiger partial charge in [-0.2, -0.15) is 0 Å². The molecule has 5 nitrogen and oxygen atoms in total. The Balaban J connectivity index is 3.22. The molecule has 0 bridgehead atoms. The smallest absolute Gasteiger partial charge is 0.171 e. The average Bonchev–Trinajstić information content (AvgIpc) is 2.28. The Morgan fingerprint density at radius 1 is 1.40 bits per heavy atom. The van der Waals surface area contributed by atoms with Crippen molar-refractivity contribution in [2.24, 2.45) is 0 Å². The number of methoxy groups -OCH3 is 2. The summed E-state index contributed by atoms with van der Waals surface area (Å²) in [5.41, 5.74) is 3.14. The lowest BCUT2D eigenvalue weighted by Gasteiger charge is -2.11. The van der Waals surface area contributed by atoms with E-state index in [2.05, 4.69) is 0 Å². The van der Waals surface area contributed by atoms with Crippen molar-refractivity contribution in [1.29, 1.82) is 0 Å². The van der Waals surface area contributed by atoms with E-state index >= 15 is 0 Å². The minimum Gasteiger partial charge on any atom is -0.493 e. The molecule has 2 N–H and O–H groups in total. The zero-order valence-corrected chi connectivity index (χ0v) is 8.61. The molecule has 1 aromatic carbocycles. The highest BCUT2D eigenvalue weighted by Crippen LogP contribution is 2.31. The fourth-order valence-corrected chi connectivity index (χ4v) is 1.33. The molecule has 0 aromatic heterocycles. The molecule has 15 heavy (non-hydrogen) atoms. The molecule has 1 rings (SSSR count). The number of rotatable bonds is 5. The van der Waals surface area contributed by atoms with Crippen molar-refractivity contribution in [2.75, 3.05) is 14.2 Å². The van der Waals surface area contributed by atoms with Crippen LogP contribution in [0.15, 0.2) is 12.1 Å². The third-order valence-electron chi connectivity index (χ3n) is 1.98. The van der Waals surface area contributed by atoms with Crippen LogP contribution < -0.4 is 15.0 Å². The van der Waals surface area contributed by atoms with Gasteiger partial charge >= 0.3 is 0 Å². The molecule has 0 saturated carbocycles. The number of hydrogen-bond acceptors (Lipinski definition) is 5. The van der Waals surface area contributed by atoms with Crippen molar-refractivity contribution in [3.63, 3.8) is 0 Å². The number of carbonyl (C=O) groups excluding carboxylic acids is 1. The van der Waals surface area contributed by atoms with Gasteiger partial charge in [-0.3, -0.25) is 4.79 Å². The molecule has 0 heterocycles. The van der Waals surface area contributed by atoms with E-state index in [1.807, 2.05) is 5.48 Å². The SMILES string of the molecule is COc1cc(CNO)cc(C=O)c1OC. The molecule has 0 atom stereocenters. The van der Waals surface area contributed by atoms with Gasteiger partial charge in [0.2, 0.25) is 0 Å². The Morgan fingerprint density at radius 3 is 2.60 bits per heavy atom. The van der Waals surface area contributed by atoms with Crippen LogP contribution in [-0.2, 0) is 6.54 Å². The number of ether oxygens (including phenoxy) is 2. The fourth-order valence-electron chi connectivity index (χ4n) is 1.33. The van der Waals surface area contributed by atoms with E-state index in [9.17, 15) is 4.79 Å². The lowest BCUT2D eigenvalue weighted by molar-refractivity contribution is 0.111. The Labute approximate surface area is 87.6 Å². The number of carbonyl (C=O) groups is 1. The van der Waals surface area contributed by atoms with Gasteiger partial charge in [0.15, 0.2) is 17.8 Å². The Bertz CT molecular complexity index is 352. The van der Waals surface area contributed by atoms with Gasteiger partial charge in [0.05, 0.1) is 19.8 Å². The van der Waals surface area contributed by atoms with Gasteiger partial charge in [-0.25, -0.2) is 5.48 Å². The summed E-state index contributed by atoms with van der Waals surface area (Å²) >= 11 is 0. The Kier molecular flexibility index (Phi) is 4.08. The summed E-state index contributed by atoms with van der Waals surface area (Å²) in [5.74, 6) is 0.863. The number of hydroxylamine groups is 1. The van der Waals surface area contributed by atoms with Crippen LogP contribution >= 0.6 is 0 Å². The topological polar surface area (TPSA) is 67.8 Å². The quantitative estimate of drug-likeness (QED) is 0.561. The summed E-state index contributed by atoms with van der Waals surface area (Å²) in [7, 11) is 2.96. The minimum atomic E-state index is 0.237. The monoisotopic (exact) mass is 211 g/mol. The van der Waals surface area contributed by atoms with Crippen molar-refractivity contribution in [3.05, 3.63) is 23.3 Å². The maximum Gasteiger partial charge on any atom is 0.171 e. The van der Waals surface area contributed by atoms with E-state index in [1.54, 1.807) is 12.1 Å². The normalized spacial score (nSPS) is 9.80. The second-order valence-electron chi connectivity index (χ2n) is 2.87. The number of nitrogens with one attached hydrogen (secondary N) is 1. The molecular formula is C10H13NO4. The lowest BCUT2D eigenvalue weighted by atomic mass is 10.1. The maximum absolute atomic E-state index is 10.8.